The van der Waals surface area contributed by atoms with Gasteiger partial charge in [0, 0.05) is 12.3 Å². The zero-order chi connectivity index (χ0) is 22.6. The van der Waals surface area contributed by atoms with Gasteiger partial charge in [-0.25, -0.2) is 4.79 Å². The van der Waals surface area contributed by atoms with Crippen LogP contribution in [0.4, 0.5) is 0 Å². The largest absolute Gasteiger partial charge is 0.351 e. The molecule has 7 atom stereocenters. The zero-order valence-electron chi connectivity index (χ0n) is 19.9. The Balaban J connectivity index is 1.51. The second-order valence-corrected chi connectivity index (χ2v) is 11.6. The second kappa shape index (κ2) is 8.13. The Bertz CT molecular complexity index is 815. The number of hydrogen-bond acceptors (Lipinski definition) is 5. The minimum atomic E-state index is -0.633. The van der Waals surface area contributed by atoms with Gasteiger partial charge < -0.3 is 10.6 Å². The van der Waals surface area contributed by atoms with E-state index >= 15 is 0 Å². The Morgan fingerprint density at radius 3 is 2.58 bits per heavy atom. The summed E-state index contributed by atoms with van der Waals surface area (Å²) in [5.74, 6) is 2.38. The van der Waals surface area contributed by atoms with Gasteiger partial charge in [-0.05, 0) is 92.4 Å². The fourth-order valence-electron chi connectivity index (χ4n) is 7.76. The lowest BCUT2D eigenvalue weighted by Gasteiger charge is -2.58. The molecule has 3 saturated carbocycles. The molecule has 3 fully saturated rings. The van der Waals surface area contributed by atoms with E-state index in [1.165, 1.54) is 31.3 Å². The first-order valence-corrected chi connectivity index (χ1v) is 12.3. The smallest absolute Gasteiger partial charge is 0.318 e. The molecule has 0 aromatic carbocycles. The number of ketones is 1. The number of nitrogens with zero attached hydrogens (tertiary/aromatic N) is 1. The van der Waals surface area contributed by atoms with Crippen LogP contribution in [0, 0.1) is 40.4 Å². The molecule has 0 aliphatic heterocycles. The molecule has 2 N–H and O–H groups in total. The van der Waals surface area contributed by atoms with Crippen molar-refractivity contribution in [3.8, 4) is 0 Å². The van der Waals surface area contributed by atoms with Crippen molar-refractivity contribution in [3.05, 3.63) is 11.6 Å². The van der Waals surface area contributed by atoms with Gasteiger partial charge in [-0.3, -0.25) is 4.79 Å². The molecule has 0 aromatic heterocycles. The van der Waals surface area contributed by atoms with E-state index in [1.54, 1.807) is 0 Å². The summed E-state index contributed by atoms with van der Waals surface area (Å²) >= 11 is 0. The van der Waals surface area contributed by atoms with Crippen molar-refractivity contribution in [1.29, 1.82) is 0 Å². The third-order valence-corrected chi connectivity index (χ3v) is 9.74. The second-order valence-electron chi connectivity index (χ2n) is 11.6. The highest BCUT2D eigenvalue weighted by atomic mass is 16.7. The van der Waals surface area contributed by atoms with Crippen LogP contribution in [-0.4, -0.2) is 23.5 Å². The van der Waals surface area contributed by atoms with Crippen LogP contribution in [0.25, 0.3) is 0 Å². The van der Waals surface area contributed by atoms with Crippen molar-refractivity contribution in [2.75, 3.05) is 0 Å². The molecule has 0 aromatic rings. The van der Waals surface area contributed by atoms with Crippen LogP contribution in [0.2, 0.25) is 0 Å². The van der Waals surface area contributed by atoms with E-state index in [9.17, 15) is 9.59 Å². The first-order valence-electron chi connectivity index (χ1n) is 12.3. The molecule has 0 radical (unpaired) electrons. The van der Waals surface area contributed by atoms with Crippen LogP contribution in [0.3, 0.4) is 0 Å². The maximum absolute atomic E-state index is 12.2. The molecule has 172 valence electrons. The predicted octanol–water partition coefficient (Wildman–Crippen LogP) is 5.04. The first kappa shape index (κ1) is 22.7. The summed E-state index contributed by atoms with van der Waals surface area (Å²) in [6.45, 7) is 10.7. The highest BCUT2D eigenvalue weighted by Gasteiger charge is 2.59. The highest BCUT2D eigenvalue weighted by Crippen LogP contribution is 2.66. The number of oxime groups is 1. The number of rotatable bonds is 4. The van der Waals surface area contributed by atoms with Gasteiger partial charge in [-0.1, -0.05) is 38.4 Å². The maximum Gasteiger partial charge on any atom is 0.351 e. The molecule has 0 heterocycles. The molecule has 4 aliphatic rings. The quantitative estimate of drug-likeness (QED) is 0.386. The average molecular weight is 429 g/mol. The van der Waals surface area contributed by atoms with Crippen molar-refractivity contribution in [2.45, 2.75) is 92.0 Å². The summed E-state index contributed by atoms with van der Waals surface area (Å²) in [6, 6.07) is -0.633. The third-order valence-electron chi connectivity index (χ3n) is 9.74. The van der Waals surface area contributed by atoms with Crippen LogP contribution in [0.15, 0.2) is 16.8 Å². The lowest BCUT2D eigenvalue weighted by Crippen LogP contribution is -2.51. The minimum absolute atomic E-state index is 0.0355. The third kappa shape index (κ3) is 3.71. The number of carbonyl (C=O) groups excluding carboxylic acids is 2. The lowest BCUT2D eigenvalue weighted by atomic mass is 9.46. The van der Waals surface area contributed by atoms with Crippen LogP contribution in [0.5, 0.6) is 0 Å². The van der Waals surface area contributed by atoms with Crippen LogP contribution in [0.1, 0.15) is 86.0 Å². The van der Waals surface area contributed by atoms with E-state index in [0.717, 1.165) is 30.9 Å². The van der Waals surface area contributed by atoms with E-state index in [-0.39, 0.29) is 16.7 Å². The number of hydrogen-bond donors (Lipinski definition) is 1. The molecular weight excluding hydrogens is 388 g/mol. The van der Waals surface area contributed by atoms with E-state index in [0.29, 0.717) is 30.0 Å². The Hall–Kier alpha value is -1.49. The van der Waals surface area contributed by atoms with Crippen LogP contribution < -0.4 is 5.73 Å². The lowest BCUT2D eigenvalue weighted by molar-refractivity contribution is -0.146. The van der Waals surface area contributed by atoms with Gasteiger partial charge in [0.05, 0.1) is 5.71 Å². The Labute approximate surface area is 187 Å². The maximum atomic E-state index is 12.2. The van der Waals surface area contributed by atoms with Crippen LogP contribution in [-0.2, 0) is 14.4 Å². The molecule has 0 bridgehead atoms. The zero-order valence-corrected chi connectivity index (χ0v) is 19.9. The number of nitrogens with two attached hydrogens (primary N) is 1. The molecule has 5 nitrogen and oxygen atoms in total. The van der Waals surface area contributed by atoms with Crippen molar-refractivity contribution < 1.29 is 14.4 Å². The molecule has 0 spiro atoms. The van der Waals surface area contributed by atoms with Crippen molar-refractivity contribution in [3.63, 3.8) is 0 Å². The summed E-state index contributed by atoms with van der Waals surface area (Å²) in [5, 5.41) is 4.28. The first-order chi connectivity index (χ1) is 14.6. The fraction of sp³-hybridized carbons (Fsp3) is 0.808. The number of carbonyl (C=O) groups is 2. The molecule has 4 rings (SSSR count). The molecular formula is C26H40N2O3. The summed E-state index contributed by atoms with van der Waals surface area (Å²) < 4.78 is 0. The highest BCUT2D eigenvalue weighted by molar-refractivity contribution is 5.91. The van der Waals surface area contributed by atoms with E-state index in [4.69, 9.17) is 10.6 Å². The predicted molar refractivity (Wildman–Crippen MR) is 122 cm³/mol. The summed E-state index contributed by atoms with van der Waals surface area (Å²) in [5.41, 5.74) is 8.70. The van der Waals surface area contributed by atoms with Gasteiger partial charge in [-0.15, -0.1) is 0 Å². The van der Waals surface area contributed by atoms with E-state index in [2.05, 4.69) is 19.0 Å². The number of fused-ring (bicyclic) bond motifs is 5. The van der Waals surface area contributed by atoms with Gasteiger partial charge in [0.15, 0.2) is 5.78 Å². The number of allylic oxidation sites excluding steroid dienone is 1. The van der Waals surface area contributed by atoms with Crippen LogP contribution >= 0.6 is 0 Å². The topological polar surface area (TPSA) is 81.8 Å². The Morgan fingerprint density at radius 2 is 1.87 bits per heavy atom. The van der Waals surface area contributed by atoms with Gasteiger partial charge in [0.25, 0.3) is 0 Å². The normalized spacial score (nSPS) is 41.2. The molecule has 5 heteroatoms. The minimum Gasteiger partial charge on any atom is -0.318 e. The van der Waals surface area contributed by atoms with E-state index in [1.807, 2.05) is 26.8 Å². The standard InChI is InChI=1S/C26H40N2O3/c1-15(2)23(27)24(30)31-28-16(3)20-8-9-21-19-7-6-17-14-18(29)10-12-25(17,4)22(19)11-13-26(20,21)5/h14-15,19-23H,6-13,27H2,1-5H3/b28-16+/t19-,20+,21-,22-,23-,25-,26+/m0/s1. The van der Waals surface area contributed by atoms with Gasteiger partial charge in [0.1, 0.15) is 6.04 Å². The molecule has 0 amide bonds. The summed E-state index contributed by atoms with van der Waals surface area (Å²) in [7, 11) is 0. The van der Waals surface area contributed by atoms with Crippen molar-refractivity contribution in [1.82, 2.24) is 0 Å². The monoisotopic (exact) mass is 428 g/mol. The van der Waals surface area contributed by atoms with Gasteiger partial charge in [0.2, 0.25) is 0 Å². The van der Waals surface area contributed by atoms with Crippen molar-refractivity contribution >= 4 is 17.5 Å². The molecule has 4 aliphatic carbocycles. The van der Waals surface area contributed by atoms with Gasteiger partial charge in [-0.2, -0.15) is 0 Å². The molecule has 0 unspecified atom stereocenters. The Kier molecular flexibility index (Phi) is 5.95. The van der Waals surface area contributed by atoms with E-state index < -0.39 is 12.0 Å². The Morgan fingerprint density at radius 1 is 1.13 bits per heavy atom. The van der Waals surface area contributed by atoms with Crippen molar-refractivity contribution in [2.24, 2.45) is 51.3 Å². The van der Waals surface area contributed by atoms with Gasteiger partial charge >= 0.3 is 5.97 Å². The molecule has 0 saturated heterocycles. The SMILES string of the molecule is C/C(=N\OC(=O)[C@@H](N)C(C)C)[C@H]1CC[C@H]2[C@@H]3CCC4=CC(=O)CC[C@]4(C)[C@H]3CC[C@]12C. The fourth-order valence-corrected chi connectivity index (χ4v) is 7.76. The average Bonchev–Trinajstić information content (AvgIpc) is 3.09. The molecule has 31 heavy (non-hydrogen) atoms. The summed E-state index contributed by atoms with van der Waals surface area (Å²) in [6.07, 6.45) is 10.8. The summed E-state index contributed by atoms with van der Waals surface area (Å²) in [4.78, 5) is 29.4.